The normalized spacial score (nSPS) is 13.9. The summed E-state index contributed by atoms with van der Waals surface area (Å²) >= 11 is 0. The van der Waals surface area contributed by atoms with Crippen LogP contribution >= 0.6 is 0 Å². The Morgan fingerprint density at radius 2 is 1.73 bits per heavy atom. The summed E-state index contributed by atoms with van der Waals surface area (Å²) in [6.07, 6.45) is -0.457. The number of rotatable bonds is 4. The zero-order valence-electron chi connectivity index (χ0n) is 16.7. The Kier molecular flexibility index (Phi) is 5.58. The molecule has 0 unspecified atom stereocenters. The molecule has 3 aromatic rings. The number of carbonyl (C=O) groups excluding carboxylic acids is 1. The van der Waals surface area contributed by atoms with Gasteiger partial charge in [-0.3, -0.25) is 0 Å². The first-order valence-electron chi connectivity index (χ1n) is 9.44. The molecule has 8 nitrogen and oxygen atoms in total. The van der Waals surface area contributed by atoms with E-state index in [9.17, 15) is 9.59 Å². The van der Waals surface area contributed by atoms with Gasteiger partial charge in [-0.2, -0.15) is 0 Å². The summed E-state index contributed by atoms with van der Waals surface area (Å²) in [6.45, 7) is 1.94. The van der Waals surface area contributed by atoms with Gasteiger partial charge in [0.25, 0.3) is 0 Å². The Morgan fingerprint density at radius 1 is 0.967 bits per heavy atom. The molecular weight excluding hydrogens is 390 g/mol. The number of carbonyl (C=O) groups is 1. The highest BCUT2D eigenvalue weighted by molar-refractivity contribution is 5.84. The number of hydrogen-bond donors (Lipinski definition) is 0. The molecule has 0 spiro atoms. The maximum absolute atomic E-state index is 12.6. The fraction of sp³-hybridized carbons (Fsp3) is 0.273. The van der Waals surface area contributed by atoms with Crippen LogP contribution in [0.4, 0.5) is 4.79 Å². The highest BCUT2D eigenvalue weighted by Crippen LogP contribution is 2.32. The number of benzene rings is 2. The van der Waals surface area contributed by atoms with E-state index in [-0.39, 0.29) is 0 Å². The standard InChI is InChI=1S/C22H21NO7/c1-26-18-6-4-14(12-20(18)27-2)17-11-15-3-5-16(13-19(15)30-21(17)24)29-22(25)23-7-9-28-10-8-23/h3-6,11-13H,7-10H2,1-2H3. The van der Waals surface area contributed by atoms with Crippen LogP contribution in [0.25, 0.3) is 22.1 Å². The summed E-state index contributed by atoms with van der Waals surface area (Å²) in [5.41, 5.74) is 0.857. The largest absolute Gasteiger partial charge is 0.493 e. The summed E-state index contributed by atoms with van der Waals surface area (Å²) in [5, 5.41) is 0.700. The summed E-state index contributed by atoms with van der Waals surface area (Å²) in [7, 11) is 3.08. The van der Waals surface area contributed by atoms with E-state index in [0.29, 0.717) is 65.6 Å². The minimum Gasteiger partial charge on any atom is -0.493 e. The minimum atomic E-state index is -0.508. The van der Waals surface area contributed by atoms with Gasteiger partial charge in [0.2, 0.25) is 0 Å². The summed E-state index contributed by atoms with van der Waals surface area (Å²) in [6, 6.07) is 11.9. The van der Waals surface area contributed by atoms with Crippen molar-refractivity contribution in [1.29, 1.82) is 0 Å². The lowest BCUT2D eigenvalue weighted by Gasteiger charge is -2.25. The second kappa shape index (κ2) is 8.46. The third-order valence-corrected chi connectivity index (χ3v) is 4.88. The second-order valence-corrected chi connectivity index (χ2v) is 6.68. The first kappa shape index (κ1) is 19.8. The van der Waals surface area contributed by atoms with Gasteiger partial charge in [-0.15, -0.1) is 0 Å². The Bertz CT molecular complexity index is 1130. The highest BCUT2D eigenvalue weighted by atomic mass is 16.6. The molecule has 1 aromatic heterocycles. The lowest BCUT2D eigenvalue weighted by molar-refractivity contribution is 0.0416. The summed E-state index contributed by atoms with van der Waals surface area (Å²) < 4.78 is 26.7. The maximum Gasteiger partial charge on any atom is 0.415 e. The maximum atomic E-state index is 12.6. The van der Waals surface area contributed by atoms with Crippen molar-refractivity contribution in [3.8, 4) is 28.4 Å². The SMILES string of the molecule is COc1ccc(-c2cc3ccc(OC(=O)N4CCOCC4)cc3oc2=O)cc1OC. The molecule has 4 rings (SSSR count). The van der Waals surface area contributed by atoms with Gasteiger partial charge in [0.1, 0.15) is 11.3 Å². The van der Waals surface area contributed by atoms with Crippen LogP contribution in [0.15, 0.2) is 51.7 Å². The number of morpholine rings is 1. The number of ether oxygens (including phenoxy) is 4. The van der Waals surface area contributed by atoms with Crippen LogP contribution in [0.1, 0.15) is 0 Å². The molecule has 2 heterocycles. The van der Waals surface area contributed by atoms with E-state index in [1.54, 1.807) is 48.4 Å². The Hall–Kier alpha value is -3.52. The fourth-order valence-corrected chi connectivity index (χ4v) is 3.27. The lowest BCUT2D eigenvalue weighted by atomic mass is 10.1. The van der Waals surface area contributed by atoms with E-state index in [4.69, 9.17) is 23.4 Å². The molecule has 1 saturated heterocycles. The Labute approximate surface area is 172 Å². The van der Waals surface area contributed by atoms with Crippen molar-refractivity contribution in [3.63, 3.8) is 0 Å². The van der Waals surface area contributed by atoms with Gasteiger partial charge in [-0.25, -0.2) is 9.59 Å². The van der Waals surface area contributed by atoms with Gasteiger partial charge in [0.15, 0.2) is 11.5 Å². The molecule has 2 aromatic carbocycles. The number of nitrogens with zero attached hydrogens (tertiary/aromatic N) is 1. The molecule has 156 valence electrons. The van der Waals surface area contributed by atoms with Crippen LogP contribution in [-0.4, -0.2) is 51.5 Å². The molecule has 0 atom stereocenters. The van der Waals surface area contributed by atoms with Crippen LogP contribution < -0.4 is 19.8 Å². The van der Waals surface area contributed by atoms with Crippen molar-refractivity contribution in [3.05, 3.63) is 52.9 Å². The molecular formula is C22H21NO7. The number of methoxy groups -OCH3 is 2. The van der Waals surface area contributed by atoms with Crippen molar-refractivity contribution in [2.75, 3.05) is 40.5 Å². The van der Waals surface area contributed by atoms with Crippen molar-refractivity contribution >= 4 is 17.1 Å². The minimum absolute atomic E-state index is 0.306. The summed E-state index contributed by atoms with van der Waals surface area (Å²) in [5.74, 6) is 1.39. The first-order valence-corrected chi connectivity index (χ1v) is 9.44. The number of amides is 1. The van der Waals surface area contributed by atoms with E-state index in [1.807, 2.05) is 0 Å². The van der Waals surface area contributed by atoms with Gasteiger partial charge < -0.3 is 28.3 Å². The predicted octanol–water partition coefficient (Wildman–Crippen LogP) is 3.31. The summed E-state index contributed by atoms with van der Waals surface area (Å²) in [4.78, 5) is 26.4. The molecule has 0 saturated carbocycles. The highest BCUT2D eigenvalue weighted by Gasteiger charge is 2.19. The quantitative estimate of drug-likeness (QED) is 0.609. The third-order valence-electron chi connectivity index (χ3n) is 4.88. The van der Waals surface area contributed by atoms with E-state index in [0.717, 1.165) is 0 Å². The molecule has 0 bridgehead atoms. The van der Waals surface area contributed by atoms with Crippen molar-refractivity contribution < 1.29 is 28.2 Å². The topological polar surface area (TPSA) is 87.4 Å². The van der Waals surface area contributed by atoms with Crippen molar-refractivity contribution in [2.45, 2.75) is 0 Å². The van der Waals surface area contributed by atoms with E-state index < -0.39 is 11.7 Å². The average Bonchev–Trinajstić information content (AvgIpc) is 2.78. The van der Waals surface area contributed by atoms with Gasteiger partial charge in [0.05, 0.1) is 33.0 Å². The first-order chi connectivity index (χ1) is 14.6. The molecule has 1 aliphatic heterocycles. The molecule has 30 heavy (non-hydrogen) atoms. The van der Waals surface area contributed by atoms with Crippen LogP contribution in [0.5, 0.6) is 17.2 Å². The van der Waals surface area contributed by atoms with Gasteiger partial charge in [-0.1, -0.05) is 6.07 Å². The molecule has 1 amide bonds. The monoisotopic (exact) mass is 411 g/mol. The molecule has 8 heteroatoms. The Morgan fingerprint density at radius 3 is 2.47 bits per heavy atom. The van der Waals surface area contributed by atoms with E-state index >= 15 is 0 Å². The second-order valence-electron chi connectivity index (χ2n) is 6.68. The van der Waals surface area contributed by atoms with Crippen LogP contribution in [-0.2, 0) is 4.74 Å². The molecule has 0 N–H and O–H groups in total. The average molecular weight is 411 g/mol. The zero-order valence-corrected chi connectivity index (χ0v) is 16.7. The van der Waals surface area contributed by atoms with Gasteiger partial charge in [0, 0.05) is 24.5 Å². The van der Waals surface area contributed by atoms with Crippen molar-refractivity contribution in [1.82, 2.24) is 4.90 Å². The molecule has 1 aliphatic rings. The van der Waals surface area contributed by atoms with Crippen molar-refractivity contribution in [2.24, 2.45) is 0 Å². The molecule has 0 radical (unpaired) electrons. The third kappa shape index (κ3) is 3.95. The van der Waals surface area contributed by atoms with Crippen LogP contribution in [0.2, 0.25) is 0 Å². The van der Waals surface area contributed by atoms with Gasteiger partial charge in [-0.05, 0) is 35.9 Å². The molecule has 1 fully saturated rings. The zero-order chi connectivity index (χ0) is 21.1. The fourth-order valence-electron chi connectivity index (χ4n) is 3.27. The van der Waals surface area contributed by atoms with E-state index in [2.05, 4.69) is 0 Å². The smallest absolute Gasteiger partial charge is 0.415 e. The molecule has 0 aliphatic carbocycles. The Balaban J connectivity index is 1.63. The van der Waals surface area contributed by atoms with Crippen LogP contribution in [0.3, 0.4) is 0 Å². The van der Waals surface area contributed by atoms with E-state index in [1.165, 1.54) is 13.2 Å². The number of hydrogen-bond acceptors (Lipinski definition) is 7. The van der Waals surface area contributed by atoms with Crippen LogP contribution in [0, 0.1) is 0 Å². The van der Waals surface area contributed by atoms with Gasteiger partial charge >= 0.3 is 11.7 Å². The lowest BCUT2D eigenvalue weighted by Crippen LogP contribution is -2.42. The number of fused-ring (bicyclic) bond motifs is 1. The predicted molar refractivity (Wildman–Crippen MR) is 109 cm³/mol.